The summed E-state index contributed by atoms with van der Waals surface area (Å²) < 4.78 is -0.632. The molecule has 1 N–H and O–H groups in total. The van der Waals surface area contributed by atoms with Gasteiger partial charge in [0.25, 0.3) is 0 Å². The molecule has 1 amide bonds. The highest BCUT2D eigenvalue weighted by atomic mass is 32.2. The Hall–Kier alpha value is -1.66. The van der Waals surface area contributed by atoms with Crippen molar-refractivity contribution < 1.29 is 4.79 Å². The zero-order valence-electron chi connectivity index (χ0n) is 11.8. The number of rotatable bonds is 3. The normalized spacial score (nSPS) is 23.5. The molecule has 0 aromatic carbocycles. The lowest BCUT2D eigenvalue weighted by Crippen LogP contribution is -2.31. The van der Waals surface area contributed by atoms with Crippen molar-refractivity contribution in [2.45, 2.75) is 25.1 Å². The van der Waals surface area contributed by atoms with Crippen LogP contribution in [-0.4, -0.2) is 16.1 Å². The highest BCUT2D eigenvalue weighted by molar-refractivity contribution is 8.15. The SMILES string of the molecule is Cc1csc(CN=C2NC(=O)C(C)(c3ccncc3)S2)c1. The Morgan fingerprint density at radius 1 is 1.38 bits per heavy atom. The third kappa shape index (κ3) is 2.87. The van der Waals surface area contributed by atoms with Crippen LogP contribution in [0.25, 0.3) is 0 Å². The van der Waals surface area contributed by atoms with Gasteiger partial charge in [0.2, 0.25) is 5.91 Å². The smallest absolute Gasteiger partial charge is 0.246 e. The number of amidine groups is 1. The molecule has 6 heteroatoms. The molecule has 2 aromatic heterocycles. The lowest BCUT2D eigenvalue weighted by atomic mass is 10.0. The van der Waals surface area contributed by atoms with Gasteiger partial charge in [-0.1, -0.05) is 11.8 Å². The van der Waals surface area contributed by atoms with Gasteiger partial charge in [0, 0.05) is 17.3 Å². The highest BCUT2D eigenvalue weighted by Gasteiger charge is 2.43. The molecule has 21 heavy (non-hydrogen) atoms. The summed E-state index contributed by atoms with van der Waals surface area (Å²) >= 11 is 3.16. The molecular weight excluding hydrogens is 302 g/mol. The summed E-state index contributed by atoms with van der Waals surface area (Å²) in [5.41, 5.74) is 2.19. The topological polar surface area (TPSA) is 54.4 Å². The molecule has 0 aliphatic carbocycles. The van der Waals surface area contributed by atoms with Crippen molar-refractivity contribution in [3.63, 3.8) is 0 Å². The van der Waals surface area contributed by atoms with Crippen molar-refractivity contribution in [2.24, 2.45) is 4.99 Å². The van der Waals surface area contributed by atoms with Crippen molar-refractivity contribution in [1.29, 1.82) is 0 Å². The first kappa shape index (κ1) is 14.3. The molecule has 1 atom stereocenters. The van der Waals surface area contributed by atoms with Crippen LogP contribution >= 0.6 is 23.1 Å². The third-order valence-electron chi connectivity index (χ3n) is 3.35. The molecule has 3 heterocycles. The Morgan fingerprint density at radius 2 is 2.14 bits per heavy atom. The minimum Gasteiger partial charge on any atom is -0.304 e. The maximum atomic E-state index is 12.3. The number of aliphatic imine (C=N–C) groups is 1. The van der Waals surface area contributed by atoms with Crippen LogP contribution in [0.2, 0.25) is 0 Å². The fourth-order valence-electron chi connectivity index (χ4n) is 2.14. The van der Waals surface area contributed by atoms with Crippen LogP contribution in [0.15, 0.2) is 41.0 Å². The Kier molecular flexibility index (Phi) is 3.82. The quantitative estimate of drug-likeness (QED) is 0.946. The van der Waals surface area contributed by atoms with Crippen molar-refractivity contribution in [2.75, 3.05) is 0 Å². The van der Waals surface area contributed by atoms with Gasteiger partial charge in [-0.25, -0.2) is 0 Å². The third-order valence-corrected chi connectivity index (χ3v) is 5.64. The monoisotopic (exact) mass is 317 g/mol. The molecule has 0 saturated carbocycles. The van der Waals surface area contributed by atoms with Crippen LogP contribution in [0.1, 0.15) is 22.9 Å². The van der Waals surface area contributed by atoms with Crippen molar-refractivity contribution in [3.05, 3.63) is 52.0 Å². The number of nitrogens with zero attached hydrogens (tertiary/aromatic N) is 2. The Balaban J connectivity index is 1.78. The molecule has 3 rings (SSSR count). The van der Waals surface area contributed by atoms with E-state index < -0.39 is 4.75 Å². The van der Waals surface area contributed by atoms with E-state index in [2.05, 4.69) is 33.7 Å². The first-order valence-electron chi connectivity index (χ1n) is 6.57. The number of thioether (sulfide) groups is 1. The molecule has 1 fully saturated rings. The molecule has 1 aliphatic heterocycles. The van der Waals surface area contributed by atoms with E-state index >= 15 is 0 Å². The fourth-order valence-corrected chi connectivity index (χ4v) is 3.99. The average Bonchev–Trinajstić information content (AvgIpc) is 3.03. The van der Waals surface area contributed by atoms with Gasteiger partial charge in [0.15, 0.2) is 5.17 Å². The van der Waals surface area contributed by atoms with Crippen LogP contribution in [0.5, 0.6) is 0 Å². The lowest BCUT2D eigenvalue weighted by molar-refractivity contribution is -0.121. The number of amides is 1. The fraction of sp³-hybridized carbons (Fsp3) is 0.267. The zero-order chi connectivity index (χ0) is 14.9. The largest absolute Gasteiger partial charge is 0.304 e. The second kappa shape index (κ2) is 5.61. The Bertz CT molecular complexity index is 696. The zero-order valence-corrected chi connectivity index (χ0v) is 13.4. The van der Waals surface area contributed by atoms with E-state index in [1.54, 1.807) is 23.7 Å². The highest BCUT2D eigenvalue weighted by Crippen LogP contribution is 2.40. The van der Waals surface area contributed by atoms with Crippen LogP contribution in [0.4, 0.5) is 0 Å². The number of aryl methyl sites for hydroxylation is 1. The lowest BCUT2D eigenvalue weighted by Gasteiger charge is -2.18. The van der Waals surface area contributed by atoms with Gasteiger partial charge in [-0.3, -0.25) is 14.8 Å². The summed E-state index contributed by atoms with van der Waals surface area (Å²) in [5.74, 6) is -0.0280. The number of carbonyl (C=O) groups excluding carboxylic acids is 1. The van der Waals surface area contributed by atoms with Gasteiger partial charge in [-0.15, -0.1) is 11.3 Å². The first-order valence-corrected chi connectivity index (χ1v) is 8.27. The minimum atomic E-state index is -0.632. The molecule has 1 saturated heterocycles. The summed E-state index contributed by atoms with van der Waals surface area (Å²) in [6.45, 7) is 4.59. The van der Waals surface area contributed by atoms with Gasteiger partial charge in [-0.2, -0.15) is 0 Å². The standard InChI is InChI=1S/C15H15N3OS2/c1-10-7-12(20-9-10)8-17-14-18-13(19)15(2,21-14)11-3-5-16-6-4-11/h3-7,9H,8H2,1-2H3,(H,17,18,19). The van der Waals surface area contributed by atoms with Gasteiger partial charge in [0.1, 0.15) is 4.75 Å². The van der Waals surface area contributed by atoms with Crippen LogP contribution in [-0.2, 0) is 16.1 Å². The number of thiophene rings is 1. The van der Waals surface area contributed by atoms with Crippen molar-refractivity contribution in [3.8, 4) is 0 Å². The van der Waals surface area contributed by atoms with E-state index in [0.29, 0.717) is 11.7 Å². The Morgan fingerprint density at radius 3 is 2.81 bits per heavy atom. The van der Waals surface area contributed by atoms with E-state index in [0.717, 1.165) is 5.56 Å². The predicted octanol–water partition coefficient (Wildman–Crippen LogP) is 3.09. The number of pyridine rings is 1. The van der Waals surface area contributed by atoms with Gasteiger partial charge in [-0.05, 0) is 48.6 Å². The van der Waals surface area contributed by atoms with Crippen molar-refractivity contribution >= 4 is 34.2 Å². The van der Waals surface area contributed by atoms with Gasteiger partial charge < -0.3 is 5.32 Å². The van der Waals surface area contributed by atoms with Crippen molar-refractivity contribution in [1.82, 2.24) is 10.3 Å². The van der Waals surface area contributed by atoms with E-state index in [1.165, 1.54) is 22.2 Å². The summed E-state index contributed by atoms with van der Waals surface area (Å²) in [6, 6.07) is 5.87. The van der Waals surface area contributed by atoms with E-state index in [4.69, 9.17) is 0 Å². The average molecular weight is 317 g/mol. The summed E-state index contributed by atoms with van der Waals surface area (Å²) in [6.07, 6.45) is 3.41. The summed E-state index contributed by atoms with van der Waals surface area (Å²) in [4.78, 5) is 22.0. The molecule has 0 bridgehead atoms. The van der Waals surface area contributed by atoms with Crippen LogP contribution < -0.4 is 5.32 Å². The van der Waals surface area contributed by atoms with E-state index in [1.807, 2.05) is 19.1 Å². The molecule has 108 valence electrons. The second-order valence-electron chi connectivity index (χ2n) is 5.04. The molecule has 0 radical (unpaired) electrons. The predicted molar refractivity (Wildman–Crippen MR) is 87.5 cm³/mol. The molecule has 1 unspecified atom stereocenters. The molecule has 1 aliphatic rings. The summed E-state index contributed by atoms with van der Waals surface area (Å²) in [7, 11) is 0. The number of hydrogen-bond acceptors (Lipinski definition) is 5. The minimum absolute atomic E-state index is 0.0280. The van der Waals surface area contributed by atoms with Crippen LogP contribution in [0.3, 0.4) is 0 Å². The second-order valence-corrected chi connectivity index (χ2v) is 7.44. The Labute approximate surface area is 131 Å². The van der Waals surface area contributed by atoms with Gasteiger partial charge >= 0.3 is 0 Å². The van der Waals surface area contributed by atoms with Crippen LogP contribution in [0, 0.1) is 6.92 Å². The first-order chi connectivity index (χ1) is 10.1. The number of hydrogen-bond donors (Lipinski definition) is 1. The molecule has 4 nitrogen and oxygen atoms in total. The maximum Gasteiger partial charge on any atom is 0.246 e. The maximum absolute atomic E-state index is 12.3. The number of carbonyl (C=O) groups is 1. The van der Waals surface area contributed by atoms with E-state index in [9.17, 15) is 4.79 Å². The van der Waals surface area contributed by atoms with E-state index in [-0.39, 0.29) is 5.91 Å². The molecule has 0 spiro atoms. The number of aromatic nitrogens is 1. The molecule has 2 aromatic rings. The number of nitrogens with one attached hydrogen (secondary N) is 1. The summed E-state index contributed by atoms with van der Waals surface area (Å²) in [5, 5.41) is 5.67. The van der Waals surface area contributed by atoms with Gasteiger partial charge in [0.05, 0.1) is 6.54 Å². The molecular formula is C15H15N3OS2.